The maximum absolute atomic E-state index is 13.1. The minimum absolute atomic E-state index is 0.184. The highest BCUT2D eigenvalue weighted by Gasteiger charge is 2.51. The Hall–Kier alpha value is -2.81. The van der Waals surface area contributed by atoms with Gasteiger partial charge in [0.15, 0.2) is 5.54 Å². The molecular weight excluding hydrogens is 353 g/mol. The van der Waals surface area contributed by atoms with Crippen LogP contribution in [-0.2, 0) is 16.5 Å². The van der Waals surface area contributed by atoms with Crippen molar-refractivity contribution in [2.45, 2.75) is 24.7 Å². The molecule has 1 aliphatic rings. The Bertz CT molecular complexity index is 835. The average Bonchev–Trinajstić information content (AvgIpc) is 3.19. The molecule has 2 aromatic rings. The van der Waals surface area contributed by atoms with Gasteiger partial charge in [0, 0.05) is 0 Å². The van der Waals surface area contributed by atoms with Crippen molar-refractivity contribution >= 4 is 11.9 Å². The lowest BCUT2D eigenvalue weighted by Gasteiger charge is -2.22. The first-order chi connectivity index (χ1) is 12.1. The van der Waals surface area contributed by atoms with Gasteiger partial charge in [-0.2, -0.15) is 13.2 Å². The van der Waals surface area contributed by atoms with Crippen molar-refractivity contribution in [2.75, 3.05) is 6.54 Å². The third kappa shape index (κ3) is 2.94. The molecule has 26 heavy (non-hydrogen) atoms. The molecule has 9 heteroatoms. The molecule has 0 unspecified atom stereocenters. The first-order valence-corrected chi connectivity index (χ1v) is 7.67. The summed E-state index contributed by atoms with van der Waals surface area (Å²) in [5.74, 6) is -0.537. The molecule has 0 bridgehead atoms. The Morgan fingerprint density at radius 1 is 1.23 bits per heavy atom. The number of aliphatic hydroxyl groups excluding tert-OH is 1. The van der Waals surface area contributed by atoms with Gasteiger partial charge in [0.05, 0.1) is 24.5 Å². The highest BCUT2D eigenvalue weighted by atomic mass is 19.4. The van der Waals surface area contributed by atoms with E-state index in [0.717, 1.165) is 12.1 Å². The third-order valence-electron chi connectivity index (χ3n) is 4.27. The van der Waals surface area contributed by atoms with Crippen LogP contribution in [0.3, 0.4) is 0 Å². The van der Waals surface area contributed by atoms with E-state index in [1.54, 1.807) is 0 Å². The van der Waals surface area contributed by atoms with Crippen molar-refractivity contribution in [3.8, 4) is 0 Å². The van der Waals surface area contributed by atoms with Gasteiger partial charge in [-0.3, -0.25) is 9.69 Å². The molecule has 2 atom stereocenters. The van der Waals surface area contributed by atoms with Gasteiger partial charge in [-0.05, 0) is 30.7 Å². The Labute approximate surface area is 146 Å². The first kappa shape index (κ1) is 18.0. The van der Waals surface area contributed by atoms with Gasteiger partial charge in [-0.15, -0.1) is 0 Å². The number of rotatable bonds is 4. The average molecular weight is 368 g/mol. The zero-order chi connectivity index (χ0) is 19.1. The fraction of sp³-hybridized carbons (Fsp3) is 0.294. The van der Waals surface area contributed by atoms with Crippen molar-refractivity contribution in [2.24, 2.45) is 0 Å². The number of β-amino-alcohol motifs (C(OH)–C–C–N with tert-alkyl or cyclic N) is 1. The van der Waals surface area contributed by atoms with Crippen molar-refractivity contribution in [3.63, 3.8) is 0 Å². The van der Waals surface area contributed by atoms with Crippen LogP contribution < -0.4 is 5.32 Å². The van der Waals surface area contributed by atoms with Crippen LogP contribution >= 0.6 is 0 Å². The Balaban J connectivity index is 1.86. The monoisotopic (exact) mass is 368 g/mol. The molecule has 3 amide bonds. The van der Waals surface area contributed by atoms with E-state index in [-0.39, 0.29) is 5.76 Å². The second kappa shape index (κ2) is 6.17. The Kier molecular flexibility index (Phi) is 4.27. The van der Waals surface area contributed by atoms with E-state index in [4.69, 9.17) is 4.42 Å². The lowest BCUT2D eigenvalue weighted by atomic mass is 9.98. The van der Waals surface area contributed by atoms with E-state index < -0.39 is 47.4 Å². The molecule has 1 aliphatic heterocycles. The second-order valence-corrected chi connectivity index (χ2v) is 6.05. The number of hydrogen-bond donors (Lipinski definition) is 2. The molecule has 0 aliphatic carbocycles. The van der Waals surface area contributed by atoms with Crippen molar-refractivity contribution in [1.82, 2.24) is 10.2 Å². The summed E-state index contributed by atoms with van der Waals surface area (Å²) < 4.78 is 44.5. The number of amides is 3. The van der Waals surface area contributed by atoms with Crippen LogP contribution in [0.4, 0.5) is 18.0 Å². The van der Waals surface area contributed by atoms with Gasteiger partial charge in [-0.1, -0.05) is 18.2 Å². The molecule has 2 heterocycles. The summed E-state index contributed by atoms with van der Waals surface area (Å²) >= 11 is 0. The van der Waals surface area contributed by atoms with Crippen LogP contribution in [0, 0.1) is 0 Å². The summed E-state index contributed by atoms with van der Waals surface area (Å²) in [5, 5.41) is 12.7. The lowest BCUT2D eigenvalue weighted by Crippen LogP contribution is -2.41. The van der Waals surface area contributed by atoms with Crippen LogP contribution in [0.15, 0.2) is 47.1 Å². The number of nitrogens with zero attached hydrogens (tertiary/aromatic N) is 1. The molecular formula is C17H15F3N2O4. The van der Waals surface area contributed by atoms with E-state index >= 15 is 0 Å². The number of alkyl halides is 3. The van der Waals surface area contributed by atoms with Gasteiger partial charge >= 0.3 is 12.2 Å². The number of hydrogen-bond acceptors (Lipinski definition) is 4. The van der Waals surface area contributed by atoms with E-state index in [1.807, 2.05) is 0 Å². The van der Waals surface area contributed by atoms with Gasteiger partial charge in [-0.25, -0.2) is 4.79 Å². The molecule has 1 aromatic carbocycles. The summed E-state index contributed by atoms with van der Waals surface area (Å²) in [6, 6.07) is 6.69. The zero-order valence-corrected chi connectivity index (χ0v) is 13.6. The minimum Gasteiger partial charge on any atom is -0.466 e. The summed E-state index contributed by atoms with van der Waals surface area (Å²) in [4.78, 5) is 25.5. The van der Waals surface area contributed by atoms with Crippen LogP contribution in [0.1, 0.15) is 29.9 Å². The highest BCUT2D eigenvalue weighted by Crippen LogP contribution is 2.36. The highest BCUT2D eigenvalue weighted by molar-refractivity contribution is 6.06. The molecule has 1 aromatic heterocycles. The molecule has 1 saturated heterocycles. The number of nitrogens with one attached hydrogen (secondary N) is 1. The number of carbonyl (C=O) groups is 2. The van der Waals surface area contributed by atoms with Crippen LogP contribution in [-0.4, -0.2) is 28.5 Å². The Morgan fingerprint density at radius 3 is 2.54 bits per heavy atom. The smallest absolute Gasteiger partial charge is 0.416 e. The van der Waals surface area contributed by atoms with Gasteiger partial charge < -0.3 is 14.8 Å². The minimum atomic E-state index is -4.67. The number of imide groups is 1. The van der Waals surface area contributed by atoms with Crippen LogP contribution in [0.5, 0.6) is 0 Å². The number of halogens is 3. The van der Waals surface area contributed by atoms with E-state index in [1.165, 1.54) is 37.5 Å². The molecule has 0 saturated carbocycles. The number of furan rings is 1. The predicted molar refractivity (Wildman–Crippen MR) is 82.7 cm³/mol. The SMILES string of the molecule is C[C@]1(c2ccco2)NC(=O)N(C[C@H](O)c2ccccc2C(F)(F)F)C1=O. The summed E-state index contributed by atoms with van der Waals surface area (Å²) in [6.07, 6.45) is -5.03. The topological polar surface area (TPSA) is 82.8 Å². The largest absolute Gasteiger partial charge is 0.466 e. The number of urea groups is 1. The molecule has 2 N–H and O–H groups in total. The number of aliphatic hydroxyl groups is 1. The summed E-state index contributed by atoms with van der Waals surface area (Å²) in [7, 11) is 0. The Morgan fingerprint density at radius 2 is 1.92 bits per heavy atom. The van der Waals surface area contributed by atoms with Crippen LogP contribution in [0.2, 0.25) is 0 Å². The quantitative estimate of drug-likeness (QED) is 0.813. The van der Waals surface area contributed by atoms with Gasteiger partial charge in [0.25, 0.3) is 5.91 Å². The molecule has 138 valence electrons. The van der Waals surface area contributed by atoms with E-state index in [0.29, 0.717) is 4.90 Å². The number of benzene rings is 1. The summed E-state index contributed by atoms with van der Waals surface area (Å²) in [5.41, 5.74) is -2.91. The maximum atomic E-state index is 13.1. The van der Waals surface area contributed by atoms with Crippen molar-refractivity contribution < 1.29 is 32.3 Å². The standard InChI is InChI=1S/C17H15F3N2O4/c1-16(13-7-4-8-26-13)14(24)22(15(25)21-16)9-12(23)10-5-2-3-6-11(10)17(18,19)20/h2-8,12,23H,9H2,1H3,(H,21,25)/t12-,16+/m0/s1. The van der Waals surface area contributed by atoms with Crippen molar-refractivity contribution in [3.05, 3.63) is 59.5 Å². The number of carbonyl (C=O) groups excluding carboxylic acids is 2. The predicted octanol–water partition coefficient (Wildman–Crippen LogP) is 2.80. The van der Waals surface area contributed by atoms with Gasteiger partial charge in [0.1, 0.15) is 5.76 Å². The second-order valence-electron chi connectivity index (χ2n) is 6.05. The molecule has 6 nitrogen and oxygen atoms in total. The lowest BCUT2D eigenvalue weighted by molar-refractivity contribution is -0.139. The fourth-order valence-corrected chi connectivity index (χ4v) is 2.91. The third-order valence-corrected chi connectivity index (χ3v) is 4.27. The van der Waals surface area contributed by atoms with E-state index in [2.05, 4.69) is 5.32 Å². The molecule has 3 rings (SSSR count). The fourth-order valence-electron chi connectivity index (χ4n) is 2.91. The first-order valence-electron chi connectivity index (χ1n) is 7.67. The molecule has 1 fully saturated rings. The van der Waals surface area contributed by atoms with Gasteiger partial charge in [0.2, 0.25) is 0 Å². The van der Waals surface area contributed by atoms with Crippen molar-refractivity contribution in [1.29, 1.82) is 0 Å². The molecule has 0 spiro atoms. The normalized spacial score (nSPS) is 21.8. The zero-order valence-electron chi connectivity index (χ0n) is 13.6. The molecule has 0 radical (unpaired) electrons. The van der Waals surface area contributed by atoms with E-state index in [9.17, 15) is 27.9 Å². The maximum Gasteiger partial charge on any atom is 0.416 e. The summed E-state index contributed by atoms with van der Waals surface area (Å²) in [6.45, 7) is 0.802. The van der Waals surface area contributed by atoms with Crippen LogP contribution in [0.25, 0.3) is 0 Å².